The molecule has 148 valence electrons. The first-order valence-electron chi connectivity index (χ1n) is 8.60. The summed E-state index contributed by atoms with van der Waals surface area (Å²) in [6.07, 6.45) is 3.11. The molecule has 1 amide bonds. The van der Waals surface area contributed by atoms with Gasteiger partial charge in [-0.25, -0.2) is 4.79 Å². The SMILES string of the molecule is COC(=O)c1c(-c2ccc(Br)cc2)csc1NC(=O)C=Cc1ccc(OC)cc1. The van der Waals surface area contributed by atoms with Gasteiger partial charge in [0.15, 0.2) is 0 Å². The topological polar surface area (TPSA) is 64.6 Å². The first-order valence-corrected chi connectivity index (χ1v) is 10.3. The molecule has 3 aromatic rings. The maximum atomic E-state index is 12.4. The highest BCUT2D eigenvalue weighted by atomic mass is 79.9. The van der Waals surface area contributed by atoms with Gasteiger partial charge in [-0.1, -0.05) is 40.2 Å². The number of ether oxygens (including phenoxy) is 2. The second-order valence-corrected chi connectivity index (χ2v) is 7.74. The number of anilines is 1. The standard InChI is InChI=1S/C22H18BrNO4S/c1-27-17-10-3-14(4-11-17)5-12-19(25)24-21-20(22(26)28-2)18(13-29-21)15-6-8-16(23)9-7-15/h3-13H,1-2H3,(H,24,25). The Kier molecular flexibility index (Phi) is 6.85. The van der Waals surface area contributed by atoms with Crippen LogP contribution in [0.15, 0.2) is 64.5 Å². The highest BCUT2D eigenvalue weighted by Crippen LogP contribution is 2.36. The molecule has 0 radical (unpaired) electrons. The molecule has 5 nitrogen and oxygen atoms in total. The molecule has 0 aliphatic carbocycles. The Morgan fingerprint density at radius 2 is 1.72 bits per heavy atom. The van der Waals surface area contributed by atoms with Crippen molar-refractivity contribution in [1.82, 2.24) is 0 Å². The van der Waals surface area contributed by atoms with Gasteiger partial charge in [-0.05, 0) is 41.5 Å². The fourth-order valence-corrected chi connectivity index (χ4v) is 3.86. The summed E-state index contributed by atoms with van der Waals surface area (Å²) < 4.78 is 11.0. The molecular formula is C22H18BrNO4S. The van der Waals surface area contributed by atoms with E-state index in [1.807, 2.05) is 53.9 Å². The van der Waals surface area contributed by atoms with Crippen molar-refractivity contribution < 1.29 is 19.1 Å². The Morgan fingerprint density at radius 1 is 1.03 bits per heavy atom. The molecule has 0 atom stereocenters. The summed E-state index contributed by atoms with van der Waals surface area (Å²) in [5.74, 6) is -0.0952. The largest absolute Gasteiger partial charge is 0.497 e. The van der Waals surface area contributed by atoms with Gasteiger partial charge in [-0.3, -0.25) is 4.79 Å². The van der Waals surface area contributed by atoms with Gasteiger partial charge in [-0.15, -0.1) is 11.3 Å². The Labute approximate surface area is 181 Å². The van der Waals surface area contributed by atoms with Gasteiger partial charge in [0.05, 0.1) is 14.2 Å². The van der Waals surface area contributed by atoms with Crippen LogP contribution < -0.4 is 10.1 Å². The average molecular weight is 472 g/mol. The second-order valence-electron chi connectivity index (χ2n) is 5.95. The second kappa shape index (κ2) is 9.54. The van der Waals surface area contributed by atoms with E-state index in [9.17, 15) is 9.59 Å². The number of rotatable bonds is 6. The predicted molar refractivity (Wildman–Crippen MR) is 119 cm³/mol. The number of amides is 1. The van der Waals surface area contributed by atoms with E-state index < -0.39 is 5.97 Å². The Bertz CT molecular complexity index is 1040. The van der Waals surface area contributed by atoms with E-state index in [0.717, 1.165) is 21.3 Å². The molecule has 0 fully saturated rings. The summed E-state index contributed by atoms with van der Waals surface area (Å²) in [6.45, 7) is 0. The van der Waals surface area contributed by atoms with Crippen molar-refractivity contribution in [3.8, 4) is 16.9 Å². The smallest absolute Gasteiger partial charge is 0.341 e. The monoisotopic (exact) mass is 471 g/mol. The molecule has 29 heavy (non-hydrogen) atoms. The number of carbonyl (C=O) groups excluding carboxylic acids is 2. The maximum absolute atomic E-state index is 12.4. The number of benzene rings is 2. The van der Waals surface area contributed by atoms with Crippen molar-refractivity contribution in [2.45, 2.75) is 0 Å². The van der Waals surface area contributed by atoms with Gasteiger partial charge >= 0.3 is 5.97 Å². The van der Waals surface area contributed by atoms with Crippen LogP contribution in [0.1, 0.15) is 15.9 Å². The molecule has 0 aliphatic rings. The maximum Gasteiger partial charge on any atom is 0.341 e. The van der Waals surface area contributed by atoms with Crippen LogP contribution in [0.2, 0.25) is 0 Å². The molecule has 0 aliphatic heterocycles. The van der Waals surface area contributed by atoms with E-state index >= 15 is 0 Å². The van der Waals surface area contributed by atoms with Crippen LogP contribution in [0.25, 0.3) is 17.2 Å². The number of methoxy groups -OCH3 is 2. The van der Waals surface area contributed by atoms with Crippen LogP contribution in [0.3, 0.4) is 0 Å². The van der Waals surface area contributed by atoms with Gasteiger partial charge in [-0.2, -0.15) is 0 Å². The number of nitrogens with one attached hydrogen (secondary N) is 1. The third-order valence-electron chi connectivity index (χ3n) is 4.12. The third kappa shape index (κ3) is 5.13. The third-order valence-corrected chi connectivity index (χ3v) is 5.54. The predicted octanol–water partition coefficient (Wildman–Crippen LogP) is 5.62. The molecule has 0 saturated carbocycles. The molecule has 1 N–H and O–H groups in total. The van der Waals surface area contributed by atoms with Crippen molar-refractivity contribution in [3.63, 3.8) is 0 Å². The first-order chi connectivity index (χ1) is 14.0. The summed E-state index contributed by atoms with van der Waals surface area (Å²) in [6, 6.07) is 14.9. The molecule has 3 rings (SSSR count). The molecule has 1 heterocycles. The van der Waals surface area contributed by atoms with Crippen molar-refractivity contribution in [2.75, 3.05) is 19.5 Å². The Hall–Kier alpha value is -2.90. The zero-order valence-corrected chi connectivity index (χ0v) is 18.2. The number of carbonyl (C=O) groups is 2. The molecule has 0 unspecified atom stereocenters. The zero-order chi connectivity index (χ0) is 20.8. The van der Waals surface area contributed by atoms with Crippen LogP contribution >= 0.6 is 27.3 Å². The molecule has 2 aromatic carbocycles. The first kappa shape index (κ1) is 20.8. The van der Waals surface area contributed by atoms with Gasteiger partial charge in [0.2, 0.25) is 5.91 Å². The number of hydrogen-bond acceptors (Lipinski definition) is 5. The summed E-state index contributed by atoms with van der Waals surface area (Å²) >= 11 is 4.68. The lowest BCUT2D eigenvalue weighted by Crippen LogP contribution is -2.11. The van der Waals surface area contributed by atoms with E-state index in [0.29, 0.717) is 16.1 Å². The fraction of sp³-hybridized carbons (Fsp3) is 0.0909. The van der Waals surface area contributed by atoms with E-state index in [4.69, 9.17) is 9.47 Å². The van der Waals surface area contributed by atoms with E-state index in [2.05, 4.69) is 21.2 Å². The molecule has 0 bridgehead atoms. The van der Waals surface area contributed by atoms with Crippen molar-refractivity contribution in [1.29, 1.82) is 0 Å². The molecule has 1 aromatic heterocycles. The minimum atomic E-state index is -0.501. The van der Waals surface area contributed by atoms with E-state index in [1.165, 1.54) is 24.5 Å². The summed E-state index contributed by atoms with van der Waals surface area (Å²) in [5.41, 5.74) is 2.77. The average Bonchev–Trinajstić information content (AvgIpc) is 3.16. The fourth-order valence-electron chi connectivity index (χ4n) is 2.64. The van der Waals surface area contributed by atoms with Crippen LogP contribution in [-0.4, -0.2) is 26.1 Å². The Balaban J connectivity index is 1.82. The lowest BCUT2D eigenvalue weighted by atomic mass is 10.0. The minimum Gasteiger partial charge on any atom is -0.497 e. The van der Waals surface area contributed by atoms with E-state index in [1.54, 1.807) is 13.2 Å². The van der Waals surface area contributed by atoms with E-state index in [-0.39, 0.29) is 5.91 Å². The van der Waals surface area contributed by atoms with Crippen LogP contribution in [0.4, 0.5) is 5.00 Å². The zero-order valence-electron chi connectivity index (χ0n) is 15.8. The molecule has 7 heteroatoms. The lowest BCUT2D eigenvalue weighted by molar-refractivity contribution is -0.111. The molecular weight excluding hydrogens is 454 g/mol. The Morgan fingerprint density at radius 3 is 2.34 bits per heavy atom. The highest BCUT2D eigenvalue weighted by molar-refractivity contribution is 9.10. The number of esters is 1. The quantitative estimate of drug-likeness (QED) is 0.374. The number of hydrogen-bond donors (Lipinski definition) is 1. The highest BCUT2D eigenvalue weighted by Gasteiger charge is 2.21. The summed E-state index contributed by atoms with van der Waals surface area (Å²) in [5, 5.41) is 5.05. The van der Waals surface area contributed by atoms with Crippen molar-refractivity contribution >= 4 is 50.2 Å². The summed E-state index contributed by atoms with van der Waals surface area (Å²) in [7, 11) is 2.92. The number of halogens is 1. The number of thiophene rings is 1. The summed E-state index contributed by atoms with van der Waals surface area (Å²) in [4.78, 5) is 24.8. The van der Waals surface area contributed by atoms with Gasteiger partial charge in [0, 0.05) is 21.5 Å². The lowest BCUT2D eigenvalue weighted by Gasteiger charge is -2.07. The van der Waals surface area contributed by atoms with Crippen molar-refractivity contribution in [3.05, 3.63) is 75.6 Å². The normalized spacial score (nSPS) is 10.7. The van der Waals surface area contributed by atoms with Crippen LogP contribution in [0, 0.1) is 0 Å². The van der Waals surface area contributed by atoms with Crippen LogP contribution in [-0.2, 0) is 9.53 Å². The molecule has 0 saturated heterocycles. The van der Waals surface area contributed by atoms with Gasteiger partial charge < -0.3 is 14.8 Å². The molecule has 0 spiro atoms. The van der Waals surface area contributed by atoms with Crippen molar-refractivity contribution in [2.24, 2.45) is 0 Å². The van der Waals surface area contributed by atoms with Gasteiger partial charge in [0.25, 0.3) is 0 Å². The van der Waals surface area contributed by atoms with Gasteiger partial charge in [0.1, 0.15) is 16.3 Å². The minimum absolute atomic E-state index is 0.338. The van der Waals surface area contributed by atoms with Crippen LogP contribution in [0.5, 0.6) is 5.75 Å².